The molecule has 2 heterocycles. The summed E-state index contributed by atoms with van der Waals surface area (Å²) in [5, 5.41) is 9.10. The van der Waals surface area contributed by atoms with Gasteiger partial charge in [-0.05, 0) is 31.4 Å². The number of amides is 2. The smallest absolute Gasteiger partial charge is 0.306 e. The van der Waals surface area contributed by atoms with Crippen LogP contribution in [0.5, 0.6) is 0 Å². The van der Waals surface area contributed by atoms with Gasteiger partial charge in [-0.1, -0.05) is 6.42 Å². The van der Waals surface area contributed by atoms with E-state index >= 15 is 0 Å². The van der Waals surface area contributed by atoms with Crippen molar-refractivity contribution in [3.05, 3.63) is 29.6 Å². The SMILES string of the molecule is O=C(O)C1CCCC(N2C(=O)c3cccnc3C2=O)C1. The Balaban J connectivity index is 1.87. The Labute approximate surface area is 115 Å². The summed E-state index contributed by atoms with van der Waals surface area (Å²) < 4.78 is 0. The van der Waals surface area contributed by atoms with Crippen LogP contribution in [-0.4, -0.2) is 38.8 Å². The first-order valence-corrected chi connectivity index (χ1v) is 6.65. The molecule has 1 aliphatic heterocycles. The van der Waals surface area contributed by atoms with Crippen molar-refractivity contribution in [3.63, 3.8) is 0 Å². The van der Waals surface area contributed by atoms with Gasteiger partial charge in [0.2, 0.25) is 0 Å². The lowest BCUT2D eigenvalue weighted by Crippen LogP contribution is -2.43. The predicted molar refractivity (Wildman–Crippen MR) is 68.1 cm³/mol. The molecule has 104 valence electrons. The van der Waals surface area contributed by atoms with Crippen LogP contribution in [0.1, 0.15) is 46.5 Å². The van der Waals surface area contributed by atoms with E-state index in [0.29, 0.717) is 31.2 Å². The molecular formula is C14H14N2O4. The number of pyridine rings is 1. The number of rotatable bonds is 2. The second-order valence-electron chi connectivity index (χ2n) is 5.24. The number of imide groups is 1. The normalized spacial score (nSPS) is 25.7. The third-order valence-electron chi connectivity index (χ3n) is 4.04. The van der Waals surface area contributed by atoms with E-state index in [0.717, 1.165) is 0 Å². The average Bonchev–Trinajstić information content (AvgIpc) is 2.72. The van der Waals surface area contributed by atoms with Crippen molar-refractivity contribution in [1.82, 2.24) is 9.88 Å². The van der Waals surface area contributed by atoms with E-state index in [4.69, 9.17) is 5.11 Å². The number of nitrogens with zero attached hydrogens (tertiary/aromatic N) is 2. The Morgan fingerprint density at radius 2 is 2.10 bits per heavy atom. The Bertz CT molecular complexity index is 564. The molecule has 3 rings (SSSR count). The first kappa shape index (κ1) is 12.8. The summed E-state index contributed by atoms with van der Waals surface area (Å²) in [6, 6.07) is 2.87. The fraction of sp³-hybridized carbons (Fsp3) is 0.429. The van der Waals surface area contributed by atoms with Crippen molar-refractivity contribution in [3.8, 4) is 0 Å². The van der Waals surface area contributed by atoms with Crippen LogP contribution in [0.3, 0.4) is 0 Å². The molecule has 1 aromatic rings. The van der Waals surface area contributed by atoms with Crippen LogP contribution < -0.4 is 0 Å². The van der Waals surface area contributed by atoms with Crippen molar-refractivity contribution in [2.75, 3.05) is 0 Å². The maximum atomic E-state index is 12.3. The molecule has 0 saturated heterocycles. The zero-order valence-electron chi connectivity index (χ0n) is 10.8. The summed E-state index contributed by atoms with van der Waals surface area (Å²) in [6.45, 7) is 0. The third-order valence-corrected chi connectivity index (χ3v) is 4.04. The monoisotopic (exact) mass is 274 g/mol. The molecule has 1 fully saturated rings. The molecular weight excluding hydrogens is 260 g/mol. The summed E-state index contributed by atoms with van der Waals surface area (Å²) in [4.78, 5) is 40.8. The van der Waals surface area contributed by atoms with E-state index in [1.807, 2.05) is 0 Å². The number of carboxylic acids is 1. The number of carbonyl (C=O) groups excluding carboxylic acids is 2. The Kier molecular flexibility index (Phi) is 3.00. The molecule has 1 aromatic heterocycles. The van der Waals surface area contributed by atoms with E-state index < -0.39 is 17.8 Å². The molecule has 0 radical (unpaired) electrons. The zero-order chi connectivity index (χ0) is 14.3. The molecule has 1 N–H and O–H groups in total. The van der Waals surface area contributed by atoms with Crippen LogP contribution in [0.15, 0.2) is 18.3 Å². The van der Waals surface area contributed by atoms with Crippen LogP contribution in [0, 0.1) is 5.92 Å². The summed E-state index contributed by atoms with van der Waals surface area (Å²) in [6.07, 6.45) is 3.79. The van der Waals surface area contributed by atoms with Crippen LogP contribution in [0.2, 0.25) is 0 Å². The summed E-state index contributed by atoms with van der Waals surface area (Å²) in [5.74, 6) is -2.09. The lowest BCUT2D eigenvalue weighted by molar-refractivity contribution is -0.143. The van der Waals surface area contributed by atoms with E-state index in [9.17, 15) is 14.4 Å². The lowest BCUT2D eigenvalue weighted by atomic mass is 9.85. The summed E-state index contributed by atoms with van der Waals surface area (Å²) in [7, 11) is 0. The molecule has 0 aromatic carbocycles. The predicted octanol–water partition coefficient (Wildman–Crippen LogP) is 1.32. The van der Waals surface area contributed by atoms with Gasteiger partial charge in [0, 0.05) is 12.2 Å². The molecule has 20 heavy (non-hydrogen) atoms. The number of carboxylic acid groups (broad SMARTS) is 1. The standard InChI is InChI=1S/C14H14N2O4/c17-12-10-5-2-6-15-11(10)13(18)16(12)9-4-1-3-8(7-9)14(19)20/h2,5-6,8-9H,1,3-4,7H2,(H,19,20). The lowest BCUT2D eigenvalue weighted by Gasteiger charge is -2.32. The fourth-order valence-corrected chi connectivity index (χ4v) is 3.04. The minimum atomic E-state index is -0.857. The zero-order valence-corrected chi connectivity index (χ0v) is 10.8. The van der Waals surface area contributed by atoms with Crippen LogP contribution in [0.25, 0.3) is 0 Å². The number of aromatic nitrogens is 1. The first-order valence-electron chi connectivity index (χ1n) is 6.65. The molecule has 1 aliphatic carbocycles. The maximum absolute atomic E-state index is 12.3. The third kappa shape index (κ3) is 1.88. The molecule has 0 bridgehead atoms. The van der Waals surface area contributed by atoms with Gasteiger partial charge in [0.25, 0.3) is 11.8 Å². The van der Waals surface area contributed by atoms with Crippen molar-refractivity contribution < 1.29 is 19.5 Å². The van der Waals surface area contributed by atoms with Crippen molar-refractivity contribution in [2.24, 2.45) is 5.92 Å². The van der Waals surface area contributed by atoms with E-state index in [1.54, 1.807) is 12.1 Å². The number of hydrogen-bond donors (Lipinski definition) is 1. The van der Waals surface area contributed by atoms with Gasteiger partial charge in [-0.3, -0.25) is 24.3 Å². The van der Waals surface area contributed by atoms with Crippen molar-refractivity contribution >= 4 is 17.8 Å². The Hall–Kier alpha value is -2.24. The summed E-state index contributed by atoms with van der Waals surface area (Å²) in [5.41, 5.74) is 0.491. The summed E-state index contributed by atoms with van der Waals surface area (Å²) >= 11 is 0. The van der Waals surface area contributed by atoms with Gasteiger partial charge in [0.05, 0.1) is 11.5 Å². The molecule has 2 aliphatic rings. The van der Waals surface area contributed by atoms with Crippen molar-refractivity contribution in [2.45, 2.75) is 31.7 Å². The van der Waals surface area contributed by atoms with Crippen molar-refractivity contribution in [1.29, 1.82) is 0 Å². The van der Waals surface area contributed by atoms with Gasteiger partial charge in [-0.25, -0.2) is 0 Å². The van der Waals surface area contributed by atoms with Gasteiger partial charge < -0.3 is 5.11 Å². The highest BCUT2D eigenvalue weighted by atomic mass is 16.4. The molecule has 0 spiro atoms. The van der Waals surface area contributed by atoms with E-state index in [2.05, 4.69) is 4.98 Å². The minimum Gasteiger partial charge on any atom is -0.481 e. The van der Waals surface area contributed by atoms with Crippen LogP contribution in [0.4, 0.5) is 0 Å². The van der Waals surface area contributed by atoms with Crippen LogP contribution in [-0.2, 0) is 4.79 Å². The highest BCUT2D eigenvalue weighted by Crippen LogP contribution is 2.32. The van der Waals surface area contributed by atoms with Gasteiger partial charge >= 0.3 is 5.97 Å². The van der Waals surface area contributed by atoms with Gasteiger partial charge in [-0.2, -0.15) is 0 Å². The molecule has 1 saturated carbocycles. The largest absolute Gasteiger partial charge is 0.481 e. The molecule has 6 nitrogen and oxygen atoms in total. The van der Waals surface area contributed by atoms with Gasteiger partial charge in [-0.15, -0.1) is 0 Å². The highest BCUT2D eigenvalue weighted by molar-refractivity contribution is 6.20. The molecule has 6 heteroatoms. The Morgan fingerprint density at radius 3 is 2.80 bits per heavy atom. The molecule has 2 amide bonds. The van der Waals surface area contributed by atoms with E-state index in [1.165, 1.54) is 11.1 Å². The number of hydrogen-bond acceptors (Lipinski definition) is 4. The minimum absolute atomic E-state index is 0.176. The highest BCUT2D eigenvalue weighted by Gasteiger charge is 2.43. The average molecular weight is 274 g/mol. The quantitative estimate of drug-likeness (QED) is 0.822. The molecule has 2 unspecified atom stereocenters. The topological polar surface area (TPSA) is 87.6 Å². The van der Waals surface area contributed by atoms with E-state index in [-0.39, 0.29) is 17.6 Å². The van der Waals surface area contributed by atoms with Crippen LogP contribution >= 0.6 is 0 Å². The maximum Gasteiger partial charge on any atom is 0.306 e. The second kappa shape index (κ2) is 4.70. The second-order valence-corrected chi connectivity index (χ2v) is 5.24. The Morgan fingerprint density at radius 1 is 1.30 bits per heavy atom. The number of aliphatic carboxylic acids is 1. The fourth-order valence-electron chi connectivity index (χ4n) is 3.04. The molecule has 2 atom stereocenters. The number of carbonyl (C=O) groups is 3. The number of fused-ring (bicyclic) bond motifs is 1. The van der Waals surface area contributed by atoms with Gasteiger partial charge in [0.15, 0.2) is 0 Å². The first-order chi connectivity index (χ1) is 9.59. The van der Waals surface area contributed by atoms with Gasteiger partial charge in [0.1, 0.15) is 5.69 Å².